The van der Waals surface area contributed by atoms with Crippen molar-refractivity contribution < 1.29 is 19.1 Å². The summed E-state index contributed by atoms with van der Waals surface area (Å²) < 4.78 is 10.8. The molecule has 2 N–H and O–H groups in total. The first-order chi connectivity index (χ1) is 12.9. The molecule has 2 rings (SSSR count). The van der Waals surface area contributed by atoms with Crippen molar-refractivity contribution in [2.75, 3.05) is 38.2 Å². The third-order valence-corrected chi connectivity index (χ3v) is 4.49. The van der Waals surface area contributed by atoms with Crippen molar-refractivity contribution in [2.24, 2.45) is 5.92 Å². The zero-order valence-electron chi connectivity index (χ0n) is 16.1. The number of hydrogen-bond donors (Lipinski definition) is 2. The van der Waals surface area contributed by atoms with Crippen molar-refractivity contribution in [3.63, 3.8) is 0 Å². The Balaban J connectivity index is 1.97. The molecule has 1 aromatic carbocycles. The lowest BCUT2D eigenvalue weighted by Crippen LogP contribution is -2.54. The molecular formula is C19H28ClN3O4. The number of nitrogens with one attached hydrogen (secondary N) is 2. The minimum absolute atomic E-state index is 0.0421. The molecule has 0 radical (unpaired) electrons. The van der Waals surface area contributed by atoms with E-state index in [1.165, 1.54) is 0 Å². The molecule has 0 bridgehead atoms. The number of urea groups is 1. The maximum absolute atomic E-state index is 12.7. The third-order valence-electron chi connectivity index (χ3n) is 4.19. The molecule has 1 heterocycles. The maximum atomic E-state index is 12.7. The number of amides is 3. The summed E-state index contributed by atoms with van der Waals surface area (Å²) in [7, 11) is 0. The molecule has 3 amide bonds. The average molecular weight is 398 g/mol. The quantitative estimate of drug-likeness (QED) is 0.740. The van der Waals surface area contributed by atoms with Gasteiger partial charge in [0.05, 0.1) is 24.8 Å². The number of rotatable bonds is 7. The fraction of sp³-hybridized carbons (Fsp3) is 0.579. The number of ether oxygens (including phenoxy) is 2. The number of anilines is 1. The number of nitrogens with zero attached hydrogens (tertiary/aromatic N) is 1. The topological polar surface area (TPSA) is 79.9 Å². The summed E-state index contributed by atoms with van der Waals surface area (Å²) in [6.07, 6.45) is 0.881. The van der Waals surface area contributed by atoms with E-state index in [0.717, 1.165) is 6.42 Å². The highest BCUT2D eigenvalue weighted by Gasteiger charge is 2.29. The van der Waals surface area contributed by atoms with Gasteiger partial charge in [0.15, 0.2) is 0 Å². The summed E-state index contributed by atoms with van der Waals surface area (Å²) in [5, 5.41) is 5.92. The van der Waals surface area contributed by atoms with Crippen molar-refractivity contribution in [1.29, 1.82) is 0 Å². The number of halogens is 1. The molecule has 0 unspecified atom stereocenters. The van der Waals surface area contributed by atoms with Crippen LogP contribution in [0, 0.1) is 5.92 Å². The Morgan fingerprint density at radius 3 is 2.59 bits per heavy atom. The van der Waals surface area contributed by atoms with E-state index in [-0.39, 0.29) is 11.8 Å². The molecule has 150 valence electrons. The molecule has 1 aliphatic rings. The van der Waals surface area contributed by atoms with E-state index >= 15 is 0 Å². The van der Waals surface area contributed by atoms with Crippen LogP contribution in [0.4, 0.5) is 10.5 Å². The highest BCUT2D eigenvalue weighted by atomic mass is 35.5. The minimum atomic E-state index is -0.606. The van der Waals surface area contributed by atoms with Gasteiger partial charge < -0.3 is 25.0 Å². The van der Waals surface area contributed by atoms with E-state index in [1.807, 2.05) is 20.8 Å². The van der Waals surface area contributed by atoms with Crippen LogP contribution in [0.3, 0.4) is 0 Å². The van der Waals surface area contributed by atoms with Crippen LogP contribution in [-0.2, 0) is 9.53 Å². The van der Waals surface area contributed by atoms with Crippen LogP contribution in [-0.4, -0.2) is 55.8 Å². The fourth-order valence-corrected chi connectivity index (χ4v) is 2.95. The van der Waals surface area contributed by atoms with E-state index in [0.29, 0.717) is 49.4 Å². The van der Waals surface area contributed by atoms with Gasteiger partial charge >= 0.3 is 6.03 Å². The van der Waals surface area contributed by atoms with Crippen molar-refractivity contribution in [2.45, 2.75) is 33.2 Å². The first-order valence-electron chi connectivity index (χ1n) is 9.28. The van der Waals surface area contributed by atoms with Crippen LogP contribution in [0.15, 0.2) is 18.2 Å². The van der Waals surface area contributed by atoms with Gasteiger partial charge in [0.25, 0.3) is 0 Å². The van der Waals surface area contributed by atoms with Crippen LogP contribution in [0.1, 0.15) is 27.2 Å². The molecule has 0 aliphatic carbocycles. The number of hydrogen-bond acceptors (Lipinski definition) is 4. The van der Waals surface area contributed by atoms with Gasteiger partial charge in [-0.05, 0) is 30.5 Å². The molecule has 0 aromatic heterocycles. The smallest absolute Gasteiger partial charge is 0.319 e. The highest BCUT2D eigenvalue weighted by molar-refractivity contribution is 6.32. The van der Waals surface area contributed by atoms with Gasteiger partial charge in [-0.3, -0.25) is 4.79 Å². The molecule has 8 heteroatoms. The monoisotopic (exact) mass is 397 g/mol. The predicted octanol–water partition coefficient (Wildman–Crippen LogP) is 3.13. The van der Waals surface area contributed by atoms with Crippen LogP contribution >= 0.6 is 11.6 Å². The van der Waals surface area contributed by atoms with E-state index in [2.05, 4.69) is 10.6 Å². The predicted molar refractivity (Wildman–Crippen MR) is 105 cm³/mol. The number of benzene rings is 1. The van der Waals surface area contributed by atoms with Gasteiger partial charge in [-0.25, -0.2) is 4.79 Å². The van der Waals surface area contributed by atoms with Crippen LogP contribution < -0.4 is 15.4 Å². The van der Waals surface area contributed by atoms with Gasteiger partial charge in [-0.2, -0.15) is 0 Å². The second kappa shape index (κ2) is 10.4. The van der Waals surface area contributed by atoms with Crippen LogP contribution in [0.25, 0.3) is 0 Å². The Kier molecular flexibility index (Phi) is 8.19. The molecular weight excluding hydrogens is 370 g/mol. The largest absolute Gasteiger partial charge is 0.492 e. The van der Waals surface area contributed by atoms with Crippen molar-refractivity contribution in [1.82, 2.24) is 10.2 Å². The lowest BCUT2D eigenvalue weighted by Gasteiger charge is -2.32. The molecule has 0 spiro atoms. The molecule has 1 fully saturated rings. The van der Waals surface area contributed by atoms with Crippen molar-refractivity contribution in [3.05, 3.63) is 23.2 Å². The maximum Gasteiger partial charge on any atom is 0.319 e. The molecule has 1 aromatic rings. The summed E-state index contributed by atoms with van der Waals surface area (Å²) in [6.45, 7) is 8.52. The van der Waals surface area contributed by atoms with Crippen molar-refractivity contribution >= 4 is 29.2 Å². The fourth-order valence-electron chi connectivity index (χ4n) is 2.71. The Morgan fingerprint density at radius 1 is 1.30 bits per heavy atom. The molecule has 27 heavy (non-hydrogen) atoms. The molecule has 1 atom stereocenters. The zero-order valence-corrected chi connectivity index (χ0v) is 16.8. The lowest BCUT2D eigenvalue weighted by molar-refractivity contribution is -0.138. The van der Waals surface area contributed by atoms with Crippen LogP contribution in [0.2, 0.25) is 5.02 Å². The Hall–Kier alpha value is -1.99. The minimum Gasteiger partial charge on any atom is -0.492 e. The van der Waals surface area contributed by atoms with E-state index in [9.17, 15) is 9.59 Å². The second-order valence-electron chi connectivity index (χ2n) is 6.75. The summed E-state index contributed by atoms with van der Waals surface area (Å²) >= 11 is 6.19. The average Bonchev–Trinajstić information content (AvgIpc) is 2.65. The Morgan fingerprint density at radius 2 is 2.00 bits per heavy atom. The van der Waals surface area contributed by atoms with E-state index in [1.54, 1.807) is 23.1 Å². The third kappa shape index (κ3) is 6.29. The van der Waals surface area contributed by atoms with Gasteiger partial charge in [0, 0.05) is 18.8 Å². The van der Waals surface area contributed by atoms with Gasteiger partial charge in [-0.1, -0.05) is 32.4 Å². The lowest BCUT2D eigenvalue weighted by atomic mass is 10.0. The van der Waals surface area contributed by atoms with Gasteiger partial charge in [0.2, 0.25) is 5.91 Å². The highest BCUT2D eigenvalue weighted by Crippen LogP contribution is 2.27. The van der Waals surface area contributed by atoms with Crippen LogP contribution in [0.5, 0.6) is 5.75 Å². The first kappa shape index (κ1) is 21.3. The SMILES string of the molecule is CCCOc1ccc(NC(=O)N[C@@H](C(=O)N2CCOCC2)C(C)C)cc1Cl. The zero-order chi connectivity index (χ0) is 19.8. The molecule has 1 saturated heterocycles. The Labute approximate surface area is 165 Å². The summed E-state index contributed by atoms with van der Waals surface area (Å²) in [5.41, 5.74) is 0.530. The normalized spacial score (nSPS) is 15.4. The summed E-state index contributed by atoms with van der Waals surface area (Å²) in [6, 6.07) is 4.00. The standard InChI is InChI=1S/C19H28ClN3O4/c1-4-9-27-16-6-5-14(12-15(16)20)21-19(25)22-17(13(2)3)18(24)23-7-10-26-11-8-23/h5-6,12-13,17H,4,7-11H2,1-3H3,(H2,21,22,25)/t17-/m1/s1. The number of carbonyl (C=O) groups is 2. The summed E-state index contributed by atoms with van der Waals surface area (Å²) in [4.78, 5) is 26.8. The summed E-state index contributed by atoms with van der Waals surface area (Å²) in [5.74, 6) is 0.441. The molecule has 1 aliphatic heterocycles. The number of carbonyl (C=O) groups excluding carboxylic acids is 2. The molecule has 7 nitrogen and oxygen atoms in total. The van der Waals surface area contributed by atoms with E-state index < -0.39 is 12.1 Å². The van der Waals surface area contributed by atoms with Gasteiger partial charge in [-0.15, -0.1) is 0 Å². The Bertz CT molecular complexity index is 648. The van der Waals surface area contributed by atoms with Crippen molar-refractivity contribution in [3.8, 4) is 5.75 Å². The number of morpholine rings is 1. The van der Waals surface area contributed by atoms with Gasteiger partial charge in [0.1, 0.15) is 11.8 Å². The first-order valence-corrected chi connectivity index (χ1v) is 9.66. The second-order valence-corrected chi connectivity index (χ2v) is 7.16. The van der Waals surface area contributed by atoms with E-state index in [4.69, 9.17) is 21.1 Å². The molecule has 0 saturated carbocycles.